The summed E-state index contributed by atoms with van der Waals surface area (Å²) in [6.45, 7) is 4.00. The van der Waals surface area contributed by atoms with Crippen LogP contribution in [0, 0.1) is 18.3 Å². The van der Waals surface area contributed by atoms with Crippen LogP contribution >= 0.6 is 0 Å². The number of anilines is 1. The summed E-state index contributed by atoms with van der Waals surface area (Å²) in [6.07, 6.45) is 6.06. The number of carbonyl (C=O) groups excluding carboxylic acids is 2. The maximum atomic E-state index is 12.9. The predicted molar refractivity (Wildman–Crippen MR) is 76.1 cm³/mol. The Hall–Kier alpha value is -1.71. The summed E-state index contributed by atoms with van der Waals surface area (Å²) >= 11 is 0. The normalized spacial score (nSPS) is 30.3. The summed E-state index contributed by atoms with van der Waals surface area (Å²) in [4.78, 5) is 30.9. The molecule has 1 saturated carbocycles. The van der Waals surface area contributed by atoms with Gasteiger partial charge in [0, 0.05) is 12.6 Å². The van der Waals surface area contributed by atoms with Gasteiger partial charge in [-0.2, -0.15) is 0 Å². The van der Waals surface area contributed by atoms with E-state index in [-0.39, 0.29) is 17.7 Å². The van der Waals surface area contributed by atoms with Crippen molar-refractivity contribution in [2.45, 2.75) is 46.0 Å². The number of imide groups is 1. The van der Waals surface area contributed by atoms with Crippen LogP contribution in [0.25, 0.3) is 0 Å². The molecule has 2 aliphatic rings. The smallest absolute Gasteiger partial charge is 0.241 e. The van der Waals surface area contributed by atoms with Crippen LogP contribution in [0.5, 0.6) is 0 Å². The summed E-state index contributed by atoms with van der Waals surface area (Å²) in [6, 6.07) is 3.71. The van der Waals surface area contributed by atoms with Crippen molar-refractivity contribution < 1.29 is 9.59 Å². The van der Waals surface area contributed by atoms with E-state index in [2.05, 4.69) is 11.9 Å². The maximum Gasteiger partial charge on any atom is 0.241 e. The van der Waals surface area contributed by atoms with Crippen molar-refractivity contribution in [3.8, 4) is 0 Å². The number of pyridine rings is 1. The van der Waals surface area contributed by atoms with Gasteiger partial charge in [0.15, 0.2) is 0 Å². The van der Waals surface area contributed by atoms with Crippen molar-refractivity contribution in [2.24, 2.45) is 11.3 Å². The first-order chi connectivity index (χ1) is 9.56. The zero-order valence-electron chi connectivity index (χ0n) is 12.1. The van der Waals surface area contributed by atoms with Crippen molar-refractivity contribution in [1.29, 1.82) is 0 Å². The van der Waals surface area contributed by atoms with E-state index in [9.17, 15) is 9.59 Å². The largest absolute Gasteiger partial charge is 0.274 e. The average molecular weight is 272 g/mol. The van der Waals surface area contributed by atoms with E-state index in [1.165, 1.54) is 4.90 Å². The molecule has 4 nitrogen and oxygen atoms in total. The maximum absolute atomic E-state index is 12.9. The summed E-state index contributed by atoms with van der Waals surface area (Å²) in [7, 11) is 0. The SMILES string of the molecule is Cc1cccnc1N1C(=O)CC2(CCCCC2C)C1=O. The second kappa shape index (κ2) is 4.69. The lowest BCUT2D eigenvalue weighted by Gasteiger charge is -2.36. The Bertz CT molecular complexity index is 569. The molecule has 2 fully saturated rings. The van der Waals surface area contributed by atoms with E-state index in [1.54, 1.807) is 6.20 Å². The number of hydrogen-bond acceptors (Lipinski definition) is 3. The van der Waals surface area contributed by atoms with Gasteiger partial charge < -0.3 is 0 Å². The first-order valence-corrected chi connectivity index (χ1v) is 7.35. The van der Waals surface area contributed by atoms with Crippen molar-refractivity contribution >= 4 is 17.6 Å². The molecule has 4 heteroatoms. The molecule has 1 aromatic heterocycles. The van der Waals surface area contributed by atoms with Crippen LogP contribution in [0.4, 0.5) is 5.82 Å². The Balaban J connectivity index is 2.01. The quantitative estimate of drug-likeness (QED) is 0.739. The van der Waals surface area contributed by atoms with Gasteiger partial charge in [-0.3, -0.25) is 9.59 Å². The minimum atomic E-state index is -0.473. The third kappa shape index (κ3) is 1.78. The van der Waals surface area contributed by atoms with Crippen molar-refractivity contribution in [3.05, 3.63) is 23.9 Å². The van der Waals surface area contributed by atoms with Crippen LogP contribution in [0.1, 0.15) is 44.6 Å². The second-order valence-corrected chi connectivity index (χ2v) is 6.16. The van der Waals surface area contributed by atoms with Crippen LogP contribution in [-0.2, 0) is 9.59 Å². The molecule has 1 aromatic rings. The Morgan fingerprint density at radius 3 is 2.85 bits per heavy atom. The Kier molecular flexibility index (Phi) is 3.11. The fraction of sp³-hybridized carbons (Fsp3) is 0.562. The number of hydrogen-bond donors (Lipinski definition) is 0. The lowest BCUT2D eigenvalue weighted by Crippen LogP contribution is -2.41. The fourth-order valence-electron chi connectivity index (χ4n) is 3.68. The van der Waals surface area contributed by atoms with Gasteiger partial charge in [-0.25, -0.2) is 9.88 Å². The zero-order chi connectivity index (χ0) is 14.3. The summed E-state index contributed by atoms with van der Waals surface area (Å²) in [5.41, 5.74) is 0.397. The van der Waals surface area contributed by atoms with Gasteiger partial charge in [0.05, 0.1) is 5.41 Å². The molecule has 106 valence electrons. The van der Waals surface area contributed by atoms with Crippen molar-refractivity contribution in [2.75, 3.05) is 4.90 Å². The molecule has 1 saturated heterocycles. The molecule has 2 unspecified atom stereocenters. The second-order valence-electron chi connectivity index (χ2n) is 6.16. The van der Waals surface area contributed by atoms with Crippen LogP contribution in [0.2, 0.25) is 0 Å². The molecule has 1 aliphatic carbocycles. The first-order valence-electron chi connectivity index (χ1n) is 7.35. The van der Waals surface area contributed by atoms with Gasteiger partial charge in [0.2, 0.25) is 11.8 Å². The third-order valence-corrected chi connectivity index (χ3v) is 4.99. The lowest BCUT2D eigenvalue weighted by molar-refractivity contribution is -0.129. The van der Waals surface area contributed by atoms with E-state index in [1.807, 2.05) is 19.1 Å². The van der Waals surface area contributed by atoms with Crippen LogP contribution in [0.15, 0.2) is 18.3 Å². The van der Waals surface area contributed by atoms with Crippen LogP contribution < -0.4 is 4.90 Å². The standard InChI is InChI=1S/C16H20N2O2/c1-11-6-5-9-17-14(11)18-13(19)10-16(15(18)20)8-4-3-7-12(16)2/h5-6,9,12H,3-4,7-8,10H2,1-2H3. The lowest BCUT2D eigenvalue weighted by atomic mass is 9.66. The van der Waals surface area contributed by atoms with Gasteiger partial charge in [0.1, 0.15) is 5.82 Å². The molecule has 1 aliphatic heterocycles. The monoisotopic (exact) mass is 272 g/mol. The van der Waals surface area contributed by atoms with Gasteiger partial charge in [-0.15, -0.1) is 0 Å². The summed E-state index contributed by atoms with van der Waals surface area (Å²) in [5, 5.41) is 0. The average Bonchev–Trinajstić information content (AvgIpc) is 2.67. The topological polar surface area (TPSA) is 50.3 Å². The van der Waals surface area contributed by atoms with E-state index in [0.717, 1.165) is 31.2 Å². The molecular weight excluding hydrogens is 252 g/mol. The summed E-state index contributed by atoms with van der Waals surface area (Å²) < 4.78 is 0. The van der Waals surface area contributed by atoms with E-state index >= 15 is 0 Å². The highest BCUT2D eigenvalue weighted by molar-refractivity contribution is 6.22. The molecule has 0 bridgehead atoms. The zero-order valence-corrected chi connectivity index (χ0v) is 12.1. The number of amides is 2. The van der Waals surface area contributed by atoms with Gasteiger partial charge >= 0.3 is 0 Å². The predicted octanol–water partition coefficient (Wildman–Crippen LogP) is 2.85. The molecule has 1 spiro atoms. The molecule has 2 heterocycles. The third-order valence-electron chi connectivity index (χ3n) is 4.99. The van der Waals surface area contributed by atoms with Crippen molar-refractivity contribution in [3.63, 3.8) is 0 Å². The highest BCUT2D eigenvalue weighted by Gasteiger charge is 2.55. The molecule has 3 rings (SSSR count). The molecule has 0 aromatic carbocycles. The van der Waals surface area contributed by atoms with Gasteiger partial charge in [0.25, 0.3) is 0 Å². The van der Waals surface area contributed by atoms with E-state index in [4.69, 9.17) is 0 Å². The van der Waals surface area contributed by atoms with Crippen molar-refractivity contribution in [1.82, 2.24) is 4.98 Å². The van der Waals surface area contributed by atoms with E-state index in [0.29, 0.717) is 12.2 Å². The molecule has 2 amide bonds. The molecule has 0 radical (unpaired) electrons. The summed E-state index contributed by atoms with van der Waals surface area (Å²) in [5.74, 6) is 0.668. The molecule has 0 N–H and O–H groups in total. The minimum Gasteiger partial charge on any atom is -0.274 e. The number of aryl methyl sites for hydroxylation is 1. The Morgan fingerprint density at radius 2 is 2.15 bits per heavy atom. The Morgan fingerprint density at radius 1 is 1.35 bits per heavy atom. The van der Waals surface area contributed by atoms with Crippen LogP contribution in [-0.4, -0.2) is 16.8 Å². The Labute approximate surface area is 119 Å². The number of carbonyl (C=O) groups is 2. The molecular formula is C16H20N2O2. The number of nitrogens with zero attached hydrogens (tertiary/aromatic N) is 2. The van der Waals surface area contributed by atoms with Gasteiger partial charge in [-0.05, 0) is 37.3 Å². The minimum absolute atomic E-state index is 0.0310. The fourth-order valence-corrected chi connectivity index (χ4v) is 3.68. The van der Waals surface area contributed by atoms with E-state index < -0.39 is 5.41 Å². The number of rotatable bonds is 1. The molecule has 20 heavy (non-hydrogen) atoms. The van der Waals surface area contributed by atoms with Gasteiger partial charge in [-0.1, -0.05) is 25.8 Å². The van der Waals surface area contributed by atoms with Crippen LogP contribution in [0.3, 0.4) is 0 Å². The highest BCUT2D eigenvalue weighted by atomic mass is 16.2. The first kappa shape index (κ1) is 13.3. The number of aromatic nitrogens is 1. The molecule has 2 atom stereocenters. The highest BCUT2D eigenvalue weighted by Crippen LogP contribution is 2.49.